The van der Waals surface area contributed by atoms with Crippen molar-refractivity contribution in [3.8, 4) is 0 Å². The van der Waals surface area contributed by atoms with Crippen molar-refractivity contribution in [2.75, 3.05) is 13.6 Å². The Bertz CT molecular complexity index is 396. The summed E-state index contributed by atoms with van der Waals surface area (Å²) in [6, 6.07) is 0.197. The molecule has 6 heteroatoms. The maximum Gasteiger partial charge on any atom is 0.408 e. The molecule has 0 aromatic rings. The second-order valence-electron chi connectivity index (χ2n) is 7.80. The van der Waals surface area contributed by atoms with E-state index in [9.17, 15) is 9.59 Å². The molecule has 0 saturated heterocycles. The number of hydrogen-bond acceptors (Lipinski definition) is 3. The van der Waals surface area contributed by atoms with E-state index in [0.29, 0.717) is 6.54 Å². The SMILES string of the molecule is CN(CC(C)(C)NC(=O)OC(C)(C)C)C(=O)NC1CCCC1. The van der Waals surface area contributed by atoms with Crippen LogP contribution in [0, 0.1) is 0 Å². The van der Waals surface area contributed by atoms with Crippen LogP contribution >= 0.6 is 0 Å². The number of nitrogens with zero attached hydrogens (tertiary/aromatic N) is 1. The van der Waals surface area contributed by atoms with E-state index in [-0.39, 0.29) is 12.1 Å². The van der Waals surface area contributed by atoms with E-state index in [2.05, 4.69) is 10.6 Å². The van der Waals surface area contributed by atoms with Crippen molar-refractivity contribution in [2.45, 2.75) is 77.5 Å². The number of nitrogens with one attached hydrogen (secondary N) is 2. The summed E-state index contributed by atoms with van der Waals surface area (Å²) in [4.78, 5) is 25.6. The van der Waals surface area contributed by atoms with Gasteiger partial charge in [0.2, 0.25) is 0 Å². The van der Waals surface area contributed by atoms with Crippen LogP contribution < -0.4 is 10.6 Å². The molecule has 1 aliphatic rings. The van der Waals surface area contributed by atoms with Gasteiger partial charge in [0.1, 0.15) is 5.60 Å². The number of urea groups is 1. The third-order valence-corrected chi connectivity index (χ3v) is 3.50. The summed E-state index contributed by atoms with van der Waals surface area (Å²) in [5.74, 6) is 0. The highest BCUT2D eigenvalue weighted by Gasteiger charge is 2.28. The molecule has 0 aromatic carbocycles. The van der Waals surface area contributed by atoms with E-state index in [1.807, 2.05) is 34.6 Å². The molecular formula is C16H31N3O3. The Morgan fingerprint density at radius 1 is 1.14 bits per heavy atom. The Hall–Kier alpha value is -1.46. The van der Waals surface area contributed by atoms with Gasteiger partial charge in [-0.2, -0.15) is 0 Å². The van der Waals surface area contributed by atoms with Gasteiger partial charge >= 0.3 is 12.1 Å². The molecule has 0 atom stereocenters. The molecule has 0 bridgehead atoms. The molecule has 0 heterocycles. The molecule has 22 heavy (non-hydrogen) atoms. The fourth-order valence-corrected chi connectivity index (χ4v) is 2.64. The smallest absolute Gasteiger partial charge is 0.408 e. The first-order chi connectivity index (χ1) is 9.98. The number of alkyl carbamates (subject to hydrolysis) is 1. The zero-order valence-corrected chi connectivity index (χ0v) is 14.8. The minimum atomic E-state index is -0.565. The van der Waals surface area contributed by atoms with Crippen LogP contribution in [0.2, 0.25) is 0 Å². The summed E-state index contributed by atoms with van der Waals surface area (Å²) in [7, 11) is 1.74. The van der Waals surface area contributed by atoms with E-state index >= 15 is 0 Å². The monoisotopic (exact) mass is 313 g/mol. The van der Waals surface area contributed by atoms with E-state index in [1.54, 1.807) is 11.9 Å². The van der Waals surface area contributed by atoms with Crippen LogP contribution in [0.15, 0.2) is 0 Å². The first kappa shape index (κ1) is 18.6. The molecule has 0 aromatic heterocycles. The number of carbonyl (C=O) groups is 2. The van der Waals surface area contributed by atoms with E-state index in [4.69, 9.17) is 4.74 Å². The number of ether oxygens (including phenoxy) is 1. The number of likely N-dealkylation sites (N-methyl/N-ethyl adjacent to an activating group) is 1. The highest BCUT2D eigenvalue weighted by Crippen LogP contribution is 2.18. The summed E-state index contributed by atoms with van der Waals surface area (Å²) in [5, 5.41) is 5.85. The Kier molecular flexibility index (Phi) is 6.08. The fourth-order valence-electron chi connectivity index (χ4n) is 2.64. The molecule has 3 amide bonds. The first-order valence-corrected chi connectivity index (χ1v) is 8.01. The largest absolute Gasteiger partial charge is 0.444 e. The lowest BCUT2D eigenvalue weighted by atomic mass is 10.1. The van der Waals surface area contributed by atoms with Gasteiger partial charge in [0.15, 0.2) is 0 Å². The number of rotatable bonds is 4. The lowest BCUT2D eigenvalue weighted by Gasteiger charge is -2.32. The third kappa shape index (κ3) is 7.00. The zero-order chi connectivity index (χ0) is 17.0. The minimum absolute atomic E-state index is 0.0917. The Balaban J connectivity index is 2.44. The molecule has 0 unspecified atom stereocenters. The molecule has 0 spiro atoms. The van der Waals surface area contributed by atoms with Crippen molar-refractivity contribution in [3.63, 3.8) is 0 Å². The zero-order valence-electron chi connectivity index (χ0n) is 14.8. The molecule has 1 saturated carbocycles. The standard InChI is InChI=1S/C16H31N3O3/c1-15(2,3)22-14(21)18-16(4,5)11-19(6)13(20)17-12-9-7-8-10-12/h12H,7-11H2,1-6H3,(H,17,20)(H,18,21). The number of amides is 3. The maximum absolute atomic E-state index is 12.2. The van der Waals surface area contributed by atoms with Crippen LogP contribution in [0.25, 0.3) is 0 Å². The van der Waals surface area contributed by atoms with Crippen molar-refractivity contribution < 1.29 is 14.3 Å². The first-order valence-electron chi connectivity index (χ1n) is 8.01. The lowest BCUT2D eigenvalue weighted by Crippen LogP contribution is -2.54. The van der Waals surface area contributed by atoms with Gasteiger partial charge in [-0.15, -0.1) is 0 Å². The van der Waals surface area contributed by atoms with Crippen molar-refractivity contribution in [2.24, 2.45) is 0 Å². The predicted molar refractivity (Wildman–Crippen MR) is 86.9 cm³/mol. The number of carbonyl (C=O) groups excluding carboxylic acids is 2. The van der Waals surface area contributed by atoms with Crippen molar-refractivity contribution >= 4 is 12.1 Å². The van der Waals surface area contributed by atoms with Crippen LogP contribution in [-0.2, 0) is 4.74 Å². The average molecular weight is 313 g/mol. The molecular weight excluding hydrogens is 282 g/mol. The normalized spacial score (nSPS) is 16.3. The molecule has 2 N–H and O–H groups in total. The Morgan fingerprint density at radius 3 is 2.18 bits per heavy atom. The van der Waals surface area contributed by atoms with Gasteiger partial charge in [-0.3, -0.25) is 0 Å². The van der Waals surface area contributed by atoms with Gasteiger partial charge in [-0.05, 0) is 47.5 Å². The predicted octanol–water partition coefficient (Wildman–Crippen LogP) is 2.87. The molecule has 0 radical (unpaired) electrons. The second kappa shape index (κ2) is 7.20. The quantitative estimate of drug-likeness (QED) is 0.838. The minimum Gasteiger partial charge on any atom is -0.444 e. The van der Waals surface area contributed by atoms with Crippen molar-refractivity contribution in [3.05, 3.63) is 0 Å². The highest BCUT2D eigenvalue weighted by atomic mass is 16.6. The highest BCUT2D eigenvalue weighted by molar-refractivity contribution is 5.74. The summed E-state index contributed by atoms with van der Waals surface area (Å²) in [5.41, 5.74) is -1.10. The van der Waals surface area contributed by atoms with Crippen LogP contribution in [0.1, 0.15) is 60.3 Å². The van der Waals surface area contributed by atoms with E-state index in [0.717, 1.165) is 12.8 Å². The van der Waals surface area contributed by atoms with Crippen LogP contribution in [0.3, 0.4) is 0 Å². The van der Waals surface area contributed by atoms with Gasteiger partial charge in [0.25, 0.3) is 0 Å². The van der Waals surface area contributed by atoms with Gasteiger partial charge in [-0.25, -0.2) is 9.59 Å². The molecule has 0 aliphatic heterocycles. The van der Waals surface area contributed by atoms with Crippen LogP contribution in [-0.4, -0.2) is 47.8 Å². The van der Waals surface area contributed by atoms with E-state index in [1.165, 1.54) is 12.8 Å². The maximum atomic E-state index is 12.2. The molecule has 128 valence electrons. The summed E-state index contributed by atoms with van der Waals surface area (Å²) in [6.45, 7) is 9.61. The summed E-state index contributed by atoms with van der Waals surface area (Å²) < 4.78 is 5.25. The molecule has 1 rings (SSSR count). The topological polar surface area (TPSA) is 70.7 Å². The average Bonchev–Trinajstić information content (AvgIpc) is 2.76. The summed E-state index contributed by atoms with van der Waals surface area (Å²) in [6.07, 6.45) is 4.00. The lowest BCUT2D eigenvalue weighted by molar-refractivity contribution is 0.0458. The fraction of sp³-hybridized carbons (Fsp3) is 0.875. The summed E-state index contributed by atoms with van der Waals surface area (Å²) >= 11 is 0. The van der Waals surface area contributed by atoms with Gasteiger partial charge in [-0.1, -0.05) is 12.8 Å². The molecule has 6 nitrogen and oxygen atoms in total. The number of hydrogen-bond donors (Lipinski definition) is 2. The van der Waals surface area contributed by atoms with Crippen LogP contribution in [0.4, 0.5) is 9.59 Å². The molecule has 1 fully saturated rings. The molecule has 1 aliphatic carbocycles. The van der Waals surface area contributed by atoms with Gasteiger partial charge in [0, 0.05) is 19.6 Å². The second-order valence-corrected chi connectivity index (χ2v) is 7.80. The Morgan fingerprint density at radius 2 is 1.68 bits per heavy atom. The van der Waals surface area contributed by atoms with Gasteiger partial charge < -0.3 is 20.3 Å². The van der Waals surface area contributed by atoms with Gasteiger partial charge in [0.05, 0.1) is 5.54 Å². The van der Waals surface area contributed by atoms with Crippen LogP contribution in [0.5, 0.6) is 0 Å². The van der Waals surface area contributed by atoms with E-state index < -0.39 is 17.2 Å². The van der Waals surface area contributed by atoms with Crippen molar-refractivity contribution in [1.29, 1.82) is 0 Å². The third-order valence-electron chi connectivity index (χ3n) is 3.50. The van der Waals surface area contributed by atoms with Crippen molar-refractivity contribution in [1.82, 2.24) is 15.5 Å². The Labute approximate surface area is 134 Å².